The molecule has 1 N–H and O–H groups in total. The molecule has 29 heavy (non-hydrogen) atoms. The van der Waals surface area contributed by atoms with Crippen molar-refractivity contribution in [1.29, 1.82) is 0 Å². The van der Waals surface area contributed by atoms with Gasteiger partial charge in [-0.3, -0.25) is 19.3 Å². The summed E-state index contributed by atoms with van der Waals surface area (Å²) in [4.78, 5) is 41.5. The predicted molar refractivity (Wildman–Crippen MR) is 110 cm³/mol. The fourth-order valence-corrected chi connectivity index (χ4v) is 3.52. The second kappa shape index (κ2) is 8.86. The summed E-state index contributed by atoms with van der Waals surface area (Å²) in [6.07, 6.45) is 5.27. The first kappa shape index (κ1) is 20.5. The number of imide groups is 1. The summed E-state index contributed by atoms with van der Waals surface area (Å²) in [5.74, 6) is -1.17. The lowest BCUT2D eigenvalue weighted by molar-refractivity contribution is -0.147. The van der Waals surface area contributed by atoms with Crippen LogP contribution in [-0.4, -0.2) is 38.7 Å². The largest absolute Gasteiger partial charge is 0.334 e. The third-order valence-corrected chi connectivity index (χ3v) is 4.87. The lowest BCUT2D eigenvalue weighted by Crippen LogP contribution is -2.51. The predicted octanol–water partition coefficient (Wildman–Crippen LogP) is 2.49. The van der Waals surface area contributed by atoms with E-state index in [0.717, 1.165) is 30.0 Å². The van der Waals surface area contributed by atoms with Crippen LogP contribution >= 0.6 is 0 Å². The van der Waals surface area contributed by atoms with Crippen molar-refractivity contribution in [1.82, 2.24) is 19.8 Å². The van der Waals surface area contributed by atoms with Gasteiger partial charge >= 0.3 is 0 Å². The summed E-state index contributed by atoms with van der Waals surface area (Å²) in [6, 6.07) is 10.3. The van der Waals surface area contributed by atoms with Gasteiger partial charge in [-0.1, -0.05) is 44.2 Å². The number of rotatable bonds is 6. The zero-order chi connectivity index (χ0) is 21.0. The van der Waals surface area contributed by atoms with E-state index < -0.39 is 11.8 Å². The highest BCUT2D eigenvalue weighted by molar-refractivity contribution is 6.12. The van der Waals surface area contributed by atoms with E-state index in [-0.39, 0.29) is 24.1 Å². The molecule has 7 heteroatoms. The maximum atomic E-state index is 12.5. The second-order valence-electron chi connectivity index (χ2n) is 7.47. The van der Waals surface area contributed by atoms with Gasteiger partial charge < -0.3 is 9.88 Å². The third kappa shape index (κ3) is 4.80. The Balaban J connectivity index is 1.80. The van der Waals surface area contributed by atoms with Gasteiger partial charge in [0.1, 0.15) is 12.2 Å². The molecule has 3 rings (SSSR count). The Morgan fingerprint density at radius 3 is 2.62 bits per heavy atom. The number of amides is 3. The monoisotopic (exact) mass is 394 g/mol. The lowest BCUT2D eigenvalue weighted by Gasteiger charge is -2.25. The molecule has 0 bridgehead atoms. The normalized spacial score (nSPS) is 15.9. The molecule has 1 aromatic carbocycles. The molecule has 0 atom stereocenters. The van der Waals surface area contributed by atoms with Crippen LogP contribution in [0.3, 0.4) is 0 Å². The van der Waals surface area contributed by atoms with Gasteiger partial charge in [0.15, 0.2) is 0 Å². The van der Waals surface area contributed by atoms with Gasteiger partial charge in [0.2, 0.25) is 11.8 Å². The first-order valence-corrected chi connectivity index (χ1v) is 9.79. The molecule has 1 aromatic heterocycles. The van der Waals surface area contributed by atoms with E-state index in [1.165, 1.54) is 12.5 Å². The minimum atomic E-state index is -0.509. The van der Waals surface area contributed by atoms with Gasteiger partial charge in [0.25, 0.3) is 5.91 Å². The van der Waals surface area contributed by atoms with Crippen LogP contribution in [-0.2, 0) is 27.3 Å². The van der Waals surface area contributed by atoms with Gasteiger partial charge in [-0.15, -0.1) is 0 Å². The Morgan fingerprint density at radius 1 is 1.24 bits per heavy atom. The summed E-state index contributed by atoms with van der Waals surface area (Å²) >= 11 is 0. The standard InChI is InChI=1S/C22H26N4O3/c1-15(2)21-18(12-19-22(29)26(16(3)27)13-20(28)24-19)23-14-25(21)11-7-10-17-8-5-4-6-9-17/h4-6,8-9,12,14-15H,7,10-11,13H2,1-3H3,(H,24,28)/b19-12-. The molecule has 0 radical (unpaired) electrons. The molecule has 3 amide bonds. The van der Waals surface area contributed by atoms with Gasteiger partial charge in [-0.05, 0) is 30.4 Å². The molecule has 1 fully saturated rings. The topological polar surface area (TPSA) is 84.3 Å². The summed E-state index contributed by atoms with van der Waals surface area (Å²) < 4.78 is 2.10. The molecule has 152 valence electrons. The van der Waals surface area contributed by atoms with Crippen molar-refractivity contribution >= 4 is 23.8 Å². The van der Waals surface area contributed by atoms with Crippen molar-refractivity contribution in [2.24, 2.45) is 0 Å². The van der Waals surface area contributed by atoms with Crippen molar-refractivity contribution in [3.63, 3.8) is 0 Å². The number of piperazine rings is 1. The van der Waals surface area contributed by atoms with Crippen molar-refractivity contribution in [2.75, 3.05) is 6.54 Å². The Bertz CT molecular complexity index is 944. The van der Waals surface area contributed by atoms with Gasteiger partial charge in [-0.2, -0.15) is 0 Å². The number of benzene rings is 1. The smallest absolute Gasteiger partial charge is 0.277 e. The molecular formula is C22H26N4O3. The van der Waals surface area contributed by atoms with E-state index in [4.69, 9.17) is 0 Å². The van der Waals surface area contributed by atoms with Crippen LogP contribution in [0.4, 0.5) is 0 Å². The van der Waals surface area contributed by atoms with Crippen LogP contribution in [0, 0.1) is 0 Å². The zero-order valence-electron chi connectivity index (χ0n) is 17.0. The number of imidazole rings is 1. The first-order chi connectivity index (χ1) is 13.9. The summed E-state index contributed by atoms with van der Waals surface area (Å²) in [5, 5.41) is 2.57. The first-order valence-electron chi connectivity index (χ1n) is 9.79. The molecule has 0 unspecified atom stereocenters. The van der Waals surface area contributed by atoms with E-state index in [9.17, 15) is 14.4 Å². The van der Waals surface area contributed by atoms with Crippen LogP contribution in [0.2, 0.25) is 0 Å². The number of hydrogen-bond acceptors (Lipinski definition) is 4. The van der Waals surface area contributed by atoms with E-state index >= 15 is 0 Å². The van der Waals surface area contributed by atoms with Crippen molar-refractivity contribution in [3.05, 3.63) is 59.3 Å². The molecule has 0 aliphatic carbocycles. The van der Waals surface area contributed by atoms with Crippen molar-refractivity contribution in [2.45, 2.75) is 46.1 Å². The minimum absolute atomic E-state index is 0.0767. The highest BCUT2D eigenvalue weighted by Gasteiger charge is 2.31. The maximum absolute atomic E-state index is 12.5. The second-order valence-corrected chi connectivity index (χ2v) is 7.47. The maximum Gasteiger partial charge on any atom is 0.277 e. The van der Waals surface area contributed by atoms with Gasteiger partial charge in [0.05, 0.1) is 12.0 Å². The van der Waals surface area contributed by atoms with Crippen molar-refractivity contribution < 1.29 is 14.4 Å². The third-order valence-electron chi connectivity index (χ3n) is 4.87. The van der Waals surface area contributed by atoms with Crippen molar-refractivity contribution in [3.8, 4) is 0 Å². The van der Waals surface area contributed by atoms with Crippen LogP contribution in [0.1, 0.15) is 50.1 Å². The Kier molecular flexibility index (Phi) is 6.26. The Labute approximate surface area is 170 Å². The average Bonchev–Trinajstić information content (AvgIpc) is 3.07. The Morgan fingerprint density at radius 2 is 1.97 bits per heavy atom. The Hall–Kier alpha value is -3.22. The zero-order valence-corrected chi connectivity index (χ0v) is 17.0. The average molecular weight is 394 g/mol. The van der Waals surface area contributed by atoms with E-state index in [2.05, 4.69) is 40.8 Å². The molecule has 2 heterocycles. The number of carbonyl (C=O) groups is 3. The number of aromatic nitrogens is 2. The SMILES string of the molecule is CC(=O)N1CC(=O)N/C(=C\c2ncn(CCCc3ccccc3)c2C(C)C)C1=O. The molecule has 0 spiro atoms. The molecule has 1 aliphatic heterocycles. The number of carbonyl (C=O) groups excluding carboxylic acids is 3. The van der Waals surface area contributed by atoms with Crippen LogP contribution < -0.4 is 5.32 Å². The highest BCUT2D eigenvalue weighted by atomic mass is 16.2. The van der Waals surface area contributed by atoms with Gasteiger partial charge in [0, 0.05) is 19.2 Å². The van der Waals surface area contributed by atoms with E-state index in [0.29, 0.717) is 5.69 Å². The summed E-state index contributed by atoms with van der Waals surface area (Å²) in [6.45, 7) is 5.95. The van der Waals surface area contributed by atoms with Gasteiger partial charge in [-0.25, -0.2) is 4.98 Å². The molecule has 1 aliphatic rings. The van der Waals surface area contributed by atoms with E-state index in [1.807, 2.05) is 18.2 Å². The molecule has 7 nitrogen and oxygen atoms in total. The molecule has 0 saturated carbocycles. The quantitative estimate of drug-likeness (QED) is 0.763. The van der Waals surface area contributed by atoms with Crippen LogP contribution in [0.25, 0.3) is 6.08 Å². The molecule has 2 aromatic rings. The minimum Gasteiger partial charge on any atom is -0.334 e. The highest BCUT2D eigenvalue weighted by Crippen LogP contribution is 2.22. The summed E-state index contributed by atoms with van der Waals surface area (Å²) in [7, 11) is 0. The number of nitrogens with one attached hydrogen (secondary N) is 1. The molecule has 1 saturated heterocycles. The molecular weight excluding hydrogens is 368 g/mol. The number of aryl methyl sites for hydroxylation is 2. The lowest BCUT2D eigenvalue weighted by atomic mass is 10.1. The fraction of sp³-hybridized carbons (Fsp3) is 0.364. The van der Waals surface area contributed by atoms with Crippen LogP contribution in [0.15, 0.2) is 42.4 Å². The fourth-order valence-electron chi connectivity index (χ4n) is 3.52. The number of hydrogen-bond donors (Lipinski definition) is 1. The number of nitrogens with zero attached hydrogens (tertiary/aromatic N) is 3. The summed E-state index contributed by atoms with van der Waals surface area (Å²) in [5.41, 5.74) is 3.00. The van der Waals surface area contributed by atoms with E-state index in [1.54, 1.807) is 12.4 Å². The van der Waals surface area contributed by atoms with Crippen LogP contribution in [0.5, 0.6) is 0 Å².